The highest BCUT2D eigenvalue weighted by Gasteiger charge is 2.27. The lowest BCUT2D eigenvalue weighted by molar-refractivity contribution is 0.197. The molecule has 0 unspecified atom stereocenters. The second kappa shape index (κ2) is 7.63. The highest BCUT2D eigenvalue weighted by atomic mass is 16.5. The summed E-state index contributed by atoms with van der Waals surface area (Å²) in [6.07, 6.45) is 2.25. The molecule has 26 heavy (non-hydrogen) atoms. The number of aromatic nitrogens is 3. The maximum absolute atomic E-state index is 5.57. The zero-order valence-electron chi connectivity index (χ0n) is 15.6. The van der Waals surface area contributed by atoms with Crippen molar-refractivity contribution < 1.29 is 9.47 Å². The zero-order valence-corrected chi connectivity index (χ0v) is 15.6. The molecular formula is C19H27N5O2. The number of ether oxygens (including phenoxy) is 2. The number of benzene rings is 1. The summed E-state index contributed by atoms with van der Waals surface area (Å²) in [4.78, 5) is 2.49. The van der Waals surface area contributed by atoms with Crippen LogP contribution in [0.15, 0.2) is 18.2 Å². The number of rotatable bonds is 5. The van der Waals surface area contributed by atoms with Crippen LogP contribution in [0.3, 0.4) is 0 Å². The Morgan fingerprint density at radius 2 is 1.96 bits per heavy atom. The number of para-hydroxylation sites is 1. The standard InChI is InChI=1S/C19H27N5O2/c1-25-16-5-3-4-15(18(16)26-2)13-23-9-6-14(7-10-23)19-22-21-17-12-20-8-11-24(17)19/h3-5,14,20H,6-13H2,1-2H3. The molecule has 0 saturated carbocycles. The topological polar surface area (TPSA) is 64.4 Å². The highest BCUT2D eigenvalue weighted by molar-refractivity contribution is 5.46. The van der Waals surface area contributed by atoms with Gasteiger partial charge in [0.05, 0.1) is 20.8 Å². The van der Waals surface area contributed by atoms with Gasteiger partial charge in [0.2, 0.25) is 0 Å². The van der Waals surface area contributed by atoms with Gasteiger partial charge in [0.1, 0.15) is 11.6 Å². The van der Waals surface area contributed by atoms with Crippen LogP contribution < -0.4 is 14.8 Å². The number of nitrogens with zero attached hydrogens (tertiary/aromatic N) is 4. The minimum Gasteiger partial charge on any atom is -0.493 e. The van der Waals surface area contributed by atoms with Crippen molar-refractivity contribution in [3.63, 3.8) is 0 Å². The number of likely N-dealkylation sites (tertiary alicyclic amines) is 1. The Hall–Kier alpha value is -2.12. The third kappa shape index (κ3) is 3.29. The van der Waals surface area contributed by atoms with Crippen LogP contribution in [0.2, 0.25) is 0 Å². The number of piperidine rings is 1. The zero-order chi connectivity index (χ0) is 17.9. The molecule has 7 nitrogen and oxygen atoms in total. The quantitative estimate of drug-likeness (QED) is 0.880. The molecule has 2 aromatic rings. The van der Waals surface area contributed by atoms with Gasteiger partial charge in [-0.15, -0.1) is 10.2 Å². The SMILES string of the molecule is COc1cccc(CN2CCC(c3nnc4n3CCNC4)CC2)c1OC. The van der Waals surface area contributed by atoms with Crippen molar-refractivity contribution in [2.24, 2.45) is 0 Å². The number of hydrogen-bond acceptors (Lipinski definition) is 6. The lowest BCUT2D eigenvalue weighted by Gasteiger charge is -2.32. The van der Waals surface area contributed by atoms with Crippen LogP contribution in [0.1, 0.15) is 36.0 Å². The maximum atomic E-state index is 5.57. The summed E-state index contributed by atoms with van der Waals surface area (Å²) in [5.74, 6) is 4.41. The van der Waals surface area contributed by atoms with Crippen molar-refractivity contribution in [2.75, 3.05) is 33.9 Å². The molecular weight excluding hydrogens is 330 g/mol. The van der Waals surface area contributed by atoms with Gasteiger partial charge in [0.15, 0.2) is 11.5 Å². The van der Waals surface area contributed by atoms with Gasteiger partial charge in [-0.2, -0.15) is 0 Å². The molecule has 0 bridgehead atoms. The molecule has 4 rings (SSSR count). The fraction of sp³-hybridized carbons (Fsp3) is 0.579. The monoisotopic (exact) mass is 357 g/mol. The number of nitrogens with one attached hydrogen (secondary N) is 1. The molecule has 3 heterocycles. The van der Waals surface area contributed by atoms with E-state index < -0.39 is 0 Å². The van der Waals surface area contributed by atoms with Gasteiger partial charge in [0, 0.05) is 31.1 Å². The van der Waals surface area contributed by atoms with E-state index in [1.54, 1.807) is 14.2 Å². The summed E-state index contributed by atoms with van der Waals surface area (Å²) in [5, 5.41) is 12.2. The molecule has 1 aromatic heterocycles. The van der Waals surface area contributed by atoms with Crippen molar-refractivity contribution in [1.29, 1.82) is 0 Å². The Bertz CT molecular complexity index is 752. The van der Waals surface area contributed by atoms with Crippen LogP contribution in [0.5, 0.6) is 11.5 Å². The third-order valence-corrected chi connectivity index (χ3v) is 5.48. The second-order valence-corrected chi connectivity index (χ2v) is 7.01. The Morgan fingerprint density at radius 3 is 2.73 bits per heavy atom. The van der Waals surface area contributed by atoms with E-state index in [0.717, 1.165) is 69.4 Å². The average molecular weight is 357 g/mol. The Balaban J connectivity index is 1.41. The summed E-state index contributed by atoms with van der Waals surface area (Å²) in [5.41, 5.74) is 1.18. The van der Waals surface area contributed by atoms with Crippen LogP contribution in [0, 0.1) is 0 Å². The smallest absolute Gasteiger partial charge is 0.165 e. The molecule has 7 heteroatoms. The number of fused-ring (bicyclic) bond motifs is 1. The lowest BCUT2D eigenvalue weighted by Crippen LogP contribution is -2.34. The normalized spacial score (nSPS) is 18.5. The summed E-state index contributed by atoms with van der Waals surface area (Å²) >= 11 is 0. The predicted octanol–water partition coefficient (Wildman–Crippen LogP) is 1.78. The molecule has 1 aromatic carbocycles. The first-order chi connectivity index (χ1) is 12.8. The fourth-order valence-electron chi connectivity index (χ4n) is 4.09. The molecule has 1 saturated heterocycles. The van der Waals surface area contributed by atoms with Gasteiger partial charge >= 0.3 is 0 Å². The molecule has 0 amide bonds. The molecule has 0 atom stereocenters. The van der Waals surface area contributed by atoms with E-state index in [-0.39, 0.29) is 0 Å². The van der Waals surface area contributed by atoms with Crippen molar-refractivity contribution in [1.82, 2.24) is 25.0 Å². The lowest BCUT2D eigenvalue weighted by atomic mass is 9.95. The van der Waals surface area contributed by atoms with Gasteiger partial charge in [-0.05, 0) is 32.0 Å². The van der Waals surface area contributed by atoms with E-state index in [0.29, 0.717) is 5.92 Å². The first-order valence-electron chi connectivity index (χ1n) is 9.35. The summed E-state index contributed by atoms with van der Waals surface area (Å²) in [7, 11) is 3.39. The van der Waals surface area contributed by atoms with E-state index in [4.69, 9.17) is 9.47 Å². The first-order valence-corrected chi connectivity index (χ1v) is 9.35. The Morgan fingerprint density at radius 1 is 1.12 bits per heavy atom. The summed E-state index contributed by atoms with van der Waals surface area (Å²) < 4.78 is 13.3. The van der Waals surface area contributed by atoms with Crippen molar-refractivity contribution in [3.05, 3.63) is 35.4 Å². The van der Waals surface area contributed by atoms with Crippen LogP contribution >= 0.6 is 0 Å². The molecule has 2 aliphatic rings. The van der Waals surface area contributed by atoms with Crippen LogP contribution in [-0.2, 0) is 19.6 Å². The van der Waals surface area contributed by atoms with Gasteiger partial charge < -0.3 is 19.4 Å². The van der Waals surface area contributed by atoms with E-state index in [1.807, 2.05) is 12.1 Å². The fourth-order valence-corrected chi connectivity index (χ4v) is 4.09. The number of methoxy groups -OCH3 is 2. The van der Waals surface area contributed by atoms with Gasteiger partial charge in [-0.3, -0.25) is 4.90 Å². The maximum Gasteiger partial charge on any atom is 0.165 e. The molecule has 0 radical (unpaired) electrons. The van der Waals surface area contributed by atoms with E-state index in [9.17, 15) is 0 Å². The Kier molecular flexibility index (Phi) is 5.08. The third-order valence-electron chi connectivity index (χ3n) is 5.48. The summed E-state index contributed by atoms with van der Waals surface area (Å²) in [6, 6.07) is 6.09. The summed E-state index contributed by atoms with van der Waals surface area (Å²) in [6.45, 7) is 5.83. The van der Waals surface area contributed by atoms with Crippen LogP contribution in [-0.4, -0.2) is 53.5 Å². The van der Waals surface area contributed by atoms with Crippen molar-refractivity contribution in [3.8, 4) is 11.5 Å². The molecule has 1 N–H and O–H groups in total. The van der Waals surface area contributed by atoms with Crippen LogP contribution in [0.4, 0.5) is 0 Å². The van der Waals surface area contributed by atoms with Gasteiger partial charge in [-0.1, -0.05) is 12.1 Å². The van der Waals surface area contributed by atoms with Gasteiger partial charge in [0.25, 0.3) is 0 Å². The minimum absolute atomic E-state index is 0.512. The average Bonchev–Trinajstić information content (AvgIpc) is 3.12. The Labute approximate surface area is 154 Å². The van der Waals surface area contributed by atoms with E-state index in [2.05, 4.69) is 31.0 Å². The number of hydrogen-bond donors (Lipinski definition) is 1. The molecule has 2 aliphatic heterocycles. The largest absolute Gasteiger partial charge is 0.493 e. The van der Waals surface area contributed by atoms with E-state index in [1.165, 1.54) is 11.4 Å². The highest BCUT2D eigenvalue weighted by Crippen LogP contribution is 2.33. The minimum atomic E-state index is 0.512. The molecule has 0 spiro atoms. The molecule has 1 fully saturated rings. The molecule has 0 aliphatic carbocycles. The second-order valence-electron chi connectivity index (χ2n) is 7.01. The molecule has 140 valence electrons. The van der Waals surface area contributed by atoms with Crippen molar-refractivity contribution in [2.45, 2.75) is 38.4 Å². The van der Waals surface area contributed by atoms with E-state index >= 15 is 0 Å². The first kappa shape index (κ1) is 17.3. The van der Waals surface area contributed by atoms with Crippen LogP contribution in [0.25, 0.3) is 0 Å². The van der Waals surface area contributed by atoms with Gasteiger partial charge in [-0.25, -0.2) is 0 Å². The van der Waals surface area contributed by atoms with Crippen molar-refractivity contribution >= 4 is 0 Å². The predicted molar refractivity (Wildman–Crippen MR) is 98.5 cm³/mol.